The minimum absolute atomic E-state index is 0.113. The molecule has 0 aliphatic rings. The first kappa shape index (κ1) is 16.2. The summed E-state index contributed by atoms with van der Waals surface area (Å²) in [6.07, 6.45) is 3.19. The number of aromatic nitrogens is 2. The number of hydrogen-bond donors (Lipinski definition) is 2. The third-order valence-corrected chi connectivity index (χ3v) is 3.83. The Morgan fingerprint density at radius 1 is 1.12 bits per heavy atom. The fraction of sp³-hybridized carbons (Fsp3) is 0. The van der Waals surface area contributed by atoms with E-state index in [2.05, 4.69) is 15.4 Å². The Balaban J connectivity index is 1.68. The lowest BCUT2D eigenvalue weighted by Gasteiger charge is -2.09. The number of hydrazine groups is 1. The molecule has 0 unspecified atom stereocenters. The van der Waals surface area contributed by atoms with E-state index >= 15 is 0 Å². The second-order valence-corrected chi connectivity index (χ2v) is 5.59. The minimum atomic E-state index is -0.560. The van der Waals surface area contributed by atoms with E-state index in [9.17, 15) is 13.6 Å². The van der Waals surface area contributed by atoms with Gasteiger partial charge in [0, 0.05) is 18.0 Å². The average Bonchev–Trinajstić information content (AvgIpc) is 3.10. The molecule has 0 radical (unpaired) electrons. The fourth-order valence-corrected chi connectivity index (χ4v) is 2.55. The third kappa shape index (κ3) is 3.79. The largest absolute Gasteiger partial charge is 0.277 e. The Hall–Kier alpha value is -2.71. The number of amides is 1. The molecule has 0 spiro atoms. The van der Waals surface area contributed by atoms with Gasteiger partial charge in [-0.2, -0.15) is 9.93 Å². The van der Waals surface area contributed by atoms with Gasteiger partial charge < -0.3 is 0 Å². The van der Waals surface area contributed by atoms with E-state index in [1.165, 1.54) is 22.9 Å². The van der Waals surface area contributed by atoms with Crippen LogP contribution in [0.3, 0.4) is 0 Å². The second-order valence-electron chi connectivity index (χ2n) is 4.74. The molecule has 1 amide bonds. The molecule has 0 aliphatic heterocycles. The van der Waals surface area contributed by atoms with Crippen molar-refractivity contribution in [2.45, 2.75) is 4.90 Å². The number of nitrogens with one attached hydrogen (secondary N) is 2. The zero-order chi connectivity index (χ0) is 16.9. The van der Waals surface area contributed by atoms with Crippen molar-refractivity contribution in [1.29, 1.82) is 0 Å². The maximum Gasteiger partial charge on any atom is 0.266 e. The Bertz CT molecular complexity index is 855. The first-order valence-electron chi connectivity index (χ1n) is 6.91. The van der Waals surface area contributed by atoms with Crippen LogP contribution in [0.25, 0.3) is 5.69 Å². The van der Waals surface area contributed by atoms with Gasteiger partial charge in [0.15, 0.2) is 0 Å². The van der Waals surface area contributed by atoms with Crippen LogP contribution in [0.4, 0.5) is 8.78 Å². The standard InChI is InChI=1S/C16H12F2N4OS/c17-12-8-11(9-13(10-12)22-7-3-6-19-22)16(23)20-21-24-15-5-2-1-4-14(15)18/h1-10,21H,(H,20,23). The van der Waals surface area contributed by atoms with E-state index < -0.39 is 17.5 Å². The van der Waals surface area contributed by atoms with Gasteiger partial charge in [-0.15, -0.1) is 0 Å². The topological polar surface area (TPSA) is 59.0 Å². The summed E-state index contributed by atoms with van der Waals surface area (Å²) in [5.41, 5.74) is 2.92. The van der Waals surface area contributed by atoms with Crippen LogP contribution in [0.5, 0.6) is 0 Å². The third-order valence-electron chi connectivity index (χ3n) is 3.08. The predicted molar refractivity (Wildman–Crippen MR) is 86.4 cm³/mol. The quantitative estimate of drug-likeness (QED) is 0.551. The number of carbonyl (C=O) groups excluding carboxylic acids is 1. The molecule has 2 N–H and O–H groups in total. The van der Waals surface area contributed by atoms with Crippen molar-refractivity contribution >= 4 is 17.9 Å². The Kier molecular flexibility index (Phi) is 4.88. The van der Waals surface area contributed by atoms with Crippen LogP contribution < -0.4 is 10.3 Å². The molecule has 3 aromatic rings. The molecule has 0 saturated heterocycles. The van der Waals surface area contributed by atoms with Crippen LogP contribution in [0.1, 0.15) is 10.4 Å². The molecule has 5 nitrogen and oxygen atoms in total. The lowest BCUT2D eigenvalue weighted by atomic mass is 10.2. The van der Waals surface area contributed by atoms with Crippen LogP contribution in [0.2, 0.25) is 0 Å². The van der Waals surface area contributed by atoms with Gasteiger partial charge in [-0.25, -0.2) is 13.5 Å². The first-order valence-corrected chi connectivity index (χ1v) is 7.72. The molecule has 8 heteroatoms. The van der Waals surface area contributed by atoms with E-state index in [-0.39, 0.29) is 5.56 Å². The van der Waals surface area contributed by atoms with Gasteiger partial charge >= 0.3 is 0 Å². The van der Waals surface area contributed by atoms with Gasteiger partial charge in [0.25, 0.3) is 5.91 Å². The average molecular weight is 346 g/mol. The van der Waals surface area contributed by atoms with E-state index in [1.54, 1.807) is 36.7 Å². The lowest BCUT2D eigenvalue weighted by molar-refractivity contribution is 0.0946. The molecule has 0 bridgehead atoms. The second kappa shape index (κ2) is 7.24. The first-order chi connectivity index (χ1) is 11.6. The molecule has 0 saturated carbocycles. The van der Waals surface area contributed by atoms with Gasteiger partial charge in [0.2, 0.25) is 0 Å². The highest BCUT2D eigenvalue weighted by molar-refractivity contribution is 7.97. The summed E-state index contributed by atoms with van der Waals surface area (Å²) in [5, 5.41) is 4.00. The monoisotopic (exact) mass is 346 g/mol. The van der Waals surface area contributed by atoms with Crippen LogP contribution in [-0.4, -0.2) is 15.7 Å². The number of rotatable bonds is 5. The van der Waals surface area contributed by atoms with Crippen molar-refractivity contribution in [3.63, 3.8) is 0 Å². The van der Waals surface area contributed by atoms with Crippen molar-refractivity contribution in [3.8, 4) is 5.69 Å². The molecular formula is C16H12F2N4OS. The Labute approximate surface area is 140 Å². The van der Waals surface area contributed by atoms with Crippen molar-refractivity contribution in [2.75, 3.05) is 0 Å². The summed E-state index contributed by atoms with van der Waals surface area (Å²) in [4.78, 5) is 15.0. The molecule has 2 aromatic carbocycles. The maximum absolute atomic E-state index is 13.7. The van der Waals surface area contributed by atoms with Crippen LogP contribution in [0.15, 0.2) is 65.8 Å². The molecule has 3 rings (SSSR count). The van der Waals surface area contributed by atoms with E-state index in [4.69, 9.17) is 0 Å². The van der Waals surface area contributed by atoms with Crippen LogP contribution in [-0.2, 0) is 0 Å². The molecule has 0 atom stereocenters. The van der Waals surface area contributed by atoms with Crippen molar-refractivity contribution < 1.29 is 13.6 Å². The van der Waals surface area contributed by atoms with Gasteiger partial charge in [-0.1, -0.05) is 12.1 Å². The number of carbonyl (C=O) groups is 1. The van der Waals surface area contributed by atoms with E-state index in [0.29, 0.717) is 10.6 Å². The minimum Gasteiger partial charge on any atom is -0.277 e. The van der Waals surface area contributed by atoms with Gasteiger partial charge in [0.1, 0.15) is 11.6 Å². The number of nitrogens with zero attached hydrogens (tertiary/aromatic N) is 2. The van der Waals surface area contributed by atoms with Gasteiger partial charge in [-0.3, -0.25) is 10.2 Å². The maximum atomic E-state index is 13.7. The van der Waals surface area contributed by atoms with Gasteiger partial charge in [0.05, 0.1) is 10.6 Å². The molecule has 1 aromatic heterocycles. The fourth-order valence-electron chi connectivity index (χ4n) is 1.99. The Morgan fingerprint density at radius 2 is 1.96 bits per heavy atom. The highest BCUT2D eigenvalue weighted by Crippen LogP contribution is 2.17. The van der Waals surface area contributed by atoms with E-state index in [0.717, 1.165) is 18.0 Å². The Morgan fingerprint density at radius 3 is 2.71 bits per heavy atom. The zero-order valence-corrected chi connectivity index (χ0v) is 13.1. The lowest BCUT2D eigenvalue weighted by Crippen LogP contribution is -2.32. The predicted octanol–water partition coefficient (Wildman–Crippen LogP) is 3.09. The smallest absolute Gasteiger partial charge is 0.266 e. The molecule has 122 valence electrons. The molecule has 24 heavy (non-hydrogen) atoms. The van der Waals surface area contributed by atoms with Gasteiger partial charge in [-0.05, 0) is 48.3 Å². The zero-order valence-electron chi connectivity index (χ0n) is 12.2. The highest BCUT2D eigenvalue weighted by Gasteiger charge is 2.10. The summed E-state index contributed by atoms with van der Waals surface area (Å²) in [7, 11) is 0. The summed E-state index contributed by atoms with van der Waals surface area (Å²) in [6, 6.07) is 11.7. The number of benzene rings is 2. The normalized spacial score (nSPS) is 10.6. The summed E-state index contributed by atoms with van der Waals surface area (Å²) in [6.45, 7) is 0. The van der Waals surface area contributed by atoms with Crippen LogP contribution in [0, 0.1) is 11.6 Å². The molecular weight excluding hydrogens is 334 g/mol. The number of hydrogen-bond acceptors (Lipinski definition) is 4. The van der Waals surface area contributed by atoms with Crippen molar-refractivity contribution in [3.05, 3.63) is 78.1 Å². The summed E-state index contributed by atoms with van der Waals surface area (Å²) >= 11 is 0.908. The van der Waals surface area contributed by atoms with Crippen molar-refractivity contribution in [1.82, 2.24) is 20.0 Å². The summed E-state index contributed by atoms with van der Waals surface area (Å²) < 4.78 is 28.6. The summed E-state index contributed by atoms with van der Waals surface area (Å²) in [5.74, 6) is -1.52. The molecule has 0 aliphatic carbocycles. The van der Waals surface area contributed by atoms with Crippen molar-refractivity contribution in [2.24, 2.45) is 0 Å². The van der Waals surface area contributed by atoms with Crippen LogP contribution >= 0.6 is 11.9 Å². The highest BCUT2D eigenvalue weighted by atomic mass is 32.2. The SMILES string of the molecule is O=C(NNSc1ccccc1F)c1cc(F)cc(-n2cccn2)c1. The molecule has 1 heterocycles. The molecule has 0 fully saturated rings. The number of halogens is 2. The van der Waals surface area contributed by atoms with E-state index in [1.807, 2.05) is 0 Å².